The minimum Gasteiger partial charge on any atom is -0.595 e. The molecule has 9 nitrogen and oxygen atoms in total. The maximum atomic E-state index is 10.2. The van der Waals surface area contributed by atoms with Crippen LogP contribution in [0.25, 0.3) is 0 Å². The van der Waals surface area contributed by atoms with E-state index in [0.717, 1.165) is 45.4 Å². The maximum absolute atomic E-state index is 10.2. The summed E-state index contributed by atoms with van der Waals surface area (Å²) >= 11 is 0. The normalized spacial score (nSPS) is 11.8. The van der Waals surface area contributed by atoms with Crippen LogP contribution >= 0.6 is 8.03 Å². The lowest BCUT2D eigenvalue weighted by Crippen LogP contribution is -2.42. The Balaban J connectivity index is 0.000000809. The Morgan fingerprint density at radius 3 is 2.16 bits per heavy atom. The summed E-state index contributed by atoms with van der Waals surface area (Å²) in [5.41, 5.74) is 3.53. The fraction of sp³-hybridized carbons (Fsp3) is 0.909. The lowest BCUT2D eigenvalue weighted by Gasteiger charge is -2.21. The quantitative estimate of drug-likeness (QED) is 0.154. The molecular weight excluding hydrogens is 429 g/mol. The van der Waals surface area contributed by atoms with Crippen LogP contribution in [0.1, 0.15) is 84.8 Å². The summed E-state index contributed by atoms with van der Waals surface area (Å²) in [6.45, 7) is 13.4. The van der Waals surface area contributed by atoms with Crippen LogP contribution in [-0.4, -0.2) is 49.2 Å². The standard InChI is InChI=1S/C17H36N5.C5H11O4P/c1-5-9-13-18-15-19-22-16(11-7-3)20-21(14-10-6-2)17(22)12-8-4;1-5(8-2,9-3)4-10(6)7/h18-19H,5-15H2,1-4H3;4H2,1-3H3/q+1;. The van der Waals surface area contributed by atoms with Crippen molar-refractivity contribution in [1.82, 2.24) is 15.1 Å². The van der Waals surface area contributed by atoms with Gasteiger partial charge in [-0.3, -0.25) is 5.32 Å². The average Bonchev–Trinajstić information content (AvgIpc) is 3.08. The van der Waals surface area contributed by atoms with Gasteiger partial charge in [-0.15, -0.1) is 9.36 Å². The molecule has 1 unspecified atom stereocenters. The number of methoxy groups -OCH3 is 2. The summed E-state index contributed by atoms with van der Waals surface area (Å²) in [4.78, 5) is 10.2. The van der Waals surface area contributed by atoms with E-state index in [1.165, 1.54) is 51.6 Å². The van der Waals surface area contributed by atoms with Gasteiger partial charge in [0.1, 0.15) is 13.2 Å². The molecule has 0 saturated carbocycles. The largest absolute Gasteiger partial charge is 0.595 e. The third-order valence-corrected chi connectivity index (χ3v) is 5.90. The van der Waals surface area contributed by atoms with Crippen LogP contribution in [0, 0.1) is 0 Å². The van der Waals surface area contributed by atoms with Gasteiger partial charge in [0.15, 0.2) is 6.16 Å². The molecule has 0 aliphatic rings. The second-order valence-corrected chi connectivity index (χ2v) is 8.95. The zero-order valence-electron chi connectivity index (χ0n) is 21.4. The molecule has 0 aliphatic heterocycles. The third-order valence-electron chi connectivity index (χ3n) is 5.07. The van der Waals surface area contributed by atoms with Crippen LogP contribution in [0.2, 0.25) is 0 Å². The number of nitrogens with one attached hydrogen (secondary N) is 2. The van der Waals surface area contributed by atoms with Crippen LogP contribution < -0.4 is 20.3 Å². The molecular formula is C22H47N5O4P+. The first-order valence-corrected chi connectivity index (χ1v) is 13.4. The highest BCUT2D eigenvalue weighted by atomic mass is 31.1. The van der Waals surface area contributed by atoms with Crippen molar-refractivity contribution in [2.24, 2.45) is 0 Å². The molecule has 10 heteroatoms. The number of aryl methyl sites for hydroxylation is 2. The van der Waals surface area contributed by atoms with E-state index in [2.05, 4.69) is 47.8 Å². The Labute approximate surface area is 196 Å². The Kier molecular flexibility index (Phi) is 17.7. The van der Waals surface area contributed by atoms with Gasteiger partial charge in [0.05, 0.1) is 6.42 Å². The number of hydrogen-bond acceptors (Lipinski definition) is 7. The van der Waals surface area contributed by atoms with Gasteiger partial charge >= 0.3 is 13.9 Å². The van der Waals surface area contributed by atoms with E-state index >= 15 is 0 Å². The van der Waals surface area contributed by atoms with Crippen molar-refractivity contribution < 1.29 is 23.6 Å². The molecule has 1 aromatic rings. The van der Waals surface area contributed by atoms with Crippen LogP contribution in [0.5, 0.6) is 0 Å². The first kappa shape index (κ1) is 30.9. The van der Waals surface area contributed by atoms with Crippen LogP contribution in [0.15, 0.2) is 0 Å². The van der Waals surface area contributed by atoms with E-state index in [1.807, 2.05) is 0 Å². The molecule has 188 valence electrons. The van der Waals surface area contributed by atoms with E-state index in [4.69, 9.17) is 14.6 Å². The molecule has 1 heterocycles. The van der Waals surface area contributed by atoms with Crippen molar-refractivity contribution in [1.29, 1.82) is 0 Å². The molecule has 32 heavy (non-hydrogen) atoms. The van der Waals surface area contributed by atoms with Gasteiger partial charge in [0.2, 0.25) is 5.79 Å². The molecule has 0 amide bonds. The summed E-state index contributed by atoms with van der Waals surface area (Å²) < 4.78 is 24.3. The number of nitrogens with zero attached hydrogens (tertiary/aromatic N) is 3. The maximum Gasteiger partial charge on any atom is 0.314 e. The molecule has 2 N–H and O–H groups in total. The van der Waals surface area contributed by atoms with Gasteiger partial charge in [-0.1, -0.05) is 45.1 Å². The highest BCUT2D eigenvalue weighted by molar-refractivity contribution is 7.36. The number of ether oxygens (including phenoxy) is 2. The van der Waals surface area contributed by atoms with Crippen molar-refractivity contribution >= 4 is 8.03 Å². The molecule has 1 aromatic heterocycles. The molecule has 0 aromatic carbocycles. The second-order valence-electron chi connectivity index (χ2n) is 7.97. The minimum atomic E-state index is -2.45. The summed E-state index contributed by atoms with van der Waals surface area (Å²) in [7, 11) is 0.360. The van der Waals surface area contributed by atoms with E-state index in [1.54, 1.807) is 6.92 Å². The van der Waals surface area contributed by atoms with E-state index in [0.29, 0.717) is 0 Å². The SMILES string of the molecule is CCCCNCNn1c(CCC)n[n+](CCCC)c1CCC.COC(C)(C[P+](=O)[O-])OC. The first-order chi connectivity index (χ1) is 15.3. The van der Waals surface area contributed by atoms with Crippen molar-refractivity contribution in [2.45, 2.75) is 98.3 Å². The predicted octanol–water partition coefficient (Wildman–Crippen LogP) is 2.86. The number of aromatic nitrogens is 3. The van der Waals surface area contributed by atoms with Crippen LogP contribution in [-0.2, 0) is 33.4 Å². The first-order valence-electron chi connectivity index (χ1n) is 12.0. The summed E-state index contributed by atoms with van der Waals surface area (Å²) in [6, 6.07) is 0. The Morgan fingerprint density at radius 2 is 1.69 bits per heavy atom. The molecule has 0 fully saturated rings. The third kappa shape index (κ3) is 12.2. The van der Waals surface area contributed by atoms with Gasteiger partial charge in [-0.2, -0.15) is 0 Å². The smallest absolute Gasteiger partial charge is 0.314 e. The average molecular weight is 477 g/mol. The molecule has 1 rings (SSSR count). The van der Waals surface area contributed by atoms with E-state index < -0.39 is 13.8 Å². The lowest BCUT2D eigenvalue weighted by molar-refractivity contribution is -0.759. The van der Waals surface area contributed by atoms with Crippen molar-refractivity contribution in [3.05, 3.63) is 11.6 Å². The molecule has 1 atom stereocenters. The number of unbranched alkanes of at least 4 members (excludes halogenated alkanes) is 2. The fourth-order valence-electron chi connectivity index (χ4n) is 3.00. The molecule has 0 aliphatic carbocycles. The van der Waals surface area contributed by atoms with Crippen LogP contribution in [0.4, 0.5) is 0 Å². The Bertz CT molecular complexity index is 624. The topological polar surface area (TPSA) is 104 Å². The highest BCUT2D eigenvalue weighted by Gasteiger charge is 2.29. The van der Waals surface area contributed by atoms with Gasteiger partial charge in [-0.05, 0) is 44.3 Å². The second kappa shape index (κ2) is 18.3. The number of hydrogen-bond donors (Lipinski definition) is 2. The van der Waals surface area contributed by atoms with Gasteiger partial charge in [0.25, 0.3) is 5.82 Å². The van der Waals surface area contributed by atoms with Crippen molar-refractivity contribution in [3.8, 4) is 0 Å². The van der Waals surface area contributed by atoms with Gasteiger partial charge in [-0.25, -0.2) is 5.43 Å². The highest BCUT2D eigenvalue weighted by Crippen LogP contribution is 2.20. The van der Waals surface area contributed by atoms with Crippen LogP contribution in [0.3, 0.4) is 0 Å². The summed E-state index contributed by atoms with van der Waals surface area (Å²) in [5.74, 6) is 1.49. The van der Waals surface area contributed by atoms with E-state index in [9.17, 15) is 9.46 Å². The number of rotatable bonds is 17. The Morgan fingerprint density at radius 1 is 1.06 bits per heavy atom. The van der Waals surface area contributed by atoms with Gasteiger partial charge in [0, 0.05) is 20.6 Å². The lowest BCUT2D eigenvalue weighted by atomic mass is 10.3. The molecule has 0 spiro atoms. The van der Waals surface area contributed by atoms with Gasteiger partial charge < -0.3 is 14.4 Å². The summed E-state index contributed by atoms with van der Waals surface area (Å²) in [5, 5.41) is 8.32. The predicted molar refractivity (Wildman–Crippen MR) is 127 cm³/mol. The molecule has 0 radical (unpaired) electrons. The molecule has 0 saturated heterocycles. The monoisotopic (exact) mass is 476 g/mol. The molecule has 0 bridgehead atoms. The fourth-order valence-corrected chi connectivity index (χ4v) is 3.72. The van der Waals surface area contributed by atoms with Crippen molar-refractivity contribution in [3.63, 3.8) is 0 Å². The summed E-state index contributed by atoms with van der Waals surface area (Å²) in [6.07, 6.45) is 9.12. The minimum absolute atomic E-state index is 0.116. The van der Waals surface area contributed by atoms with Crippen molar-refractivity contribution in [2.75, 3.05) is 39.0 Å². The zero-order valence-corrected chi connectivity index (χ0v) is 22.3. The van der Waals surface area contributed by atoms with E-state index in [-0.39, 0.29) is 6.16 Å². The Hall–Kier alpha value is -1.12. The zero-order chi connectivity index (χ0) is 24.4.